The van der Waals surface area contributed by atoms with Gasteiger partial charge in [-0.1, -0.05) is 0 Å². The SMILES string of the molecule is CCOC(=O)c1c(NC(=O)COC(=O)c2ccc3c(c2)C(=O)N(C)C3=O)sc(C)c1C. The van der Waals surface area contributed by atoms with Crippen LogP contribution in [0.2, 0.25) is 0 Å². The van der Waals surface area contributed by atoms with Crippen molar-refractivity contribution in [2.45, 2.75) is 20.8 Å². The highest BCUT2D eigenvalue weighted by Gasteiger charge is 2.33. The zero-order valence-corrected chi connectivity index (χ0v) is 18.2. The van der Waals surface area contributed by atoms with Crippen LogP contribution in [-0.2, 0) is 14.3 Å². The lowest BCUT2D eigenvalue weighted by molar-refractivity contribution is -0.119. The first-order valence-electron chi connectivity index (χ1n) is 9.36. The van der Waals surface area contributed by atoms with Crippen LogP contribution in [0, 0.1) is 13.8 Å². The van der Waals surface area contributed by atoms with Crippen molar-refractivity contribution in [3.63, 3.8) is 0 Å². The smallest absolute Gasteiger partial charge is 0.341 e. The number of imide groups is 1. The van der Waals surface area contributed by atoms with Gasteiger partial charge in [0, 0.05) is 11.9 Å². The summed E-state index contributed by atoms with van der Waals surface area (Å²) < 4.78 is 10.1. The minimum absolute atomic E-state index is 0.0398. The third-order valence-corrected chi connectivity index (χ3v) is 5.90. The van der Waals surface area contributed by atoms with E-state index in [-0.39, 0.29) is 28.9 Å². The van der Waals surface area contributed by atoms with Gasteiger partial charge in [-0.15, -0.1) is 11.3 Å². The summed E-state index contributed by atoms with van der Waals surface area (Å²) in [5.41, 5.74) is 1.33. The van der Waals surface area contributed by atoms with Crippen LogP contribution in [-0.4, -0.2) is 54.8 Å². The first-order chi connectivity index (χ1) is 14.6. The van der Waals surface area contributed by atoms with Gasteiger partial charge in [-0.25, -0.2) is 9.59 Å². The van der Waals surface area contributed by atoms with Crippen LogP contribution in [0.5, 0.6) is 0 Å². The molecule has 0 atom stereocenters. The Morgan fingerprint density at radius 1 is 1.03 bits per heavy atom. The van der Waals surface area contributed by atoms with E-state index in [0.29, 0.717) is 10.6 Å². The molecule has 0 radical (unpaired) electrons. The largest absolute Gasteiger partial charge is 0.462 e. The fourth-order valence-corrected chi connectivity index (χ4v) is 4.09. The van der Waals surface area contributed by atoms with Gasteiger partial charge in [0.05, 0.1) is 28.9 Å². The molecule has 0 aliphatic carbocycles. The Labute approximate surface area is 181 Å². The topological polar surface area (TPSA) is 119 Å². The molecule has 1 N–H and O–H groups in total. The molecule has 3 amide bonds. The Bertz CT molecular complexity index is 1120. The molecule has 1 aliphatic heterocycles. The number of carbonyl (C=O) groups is 5. The van der Waals surface area contributed by atoms with E-state index in [1.807, 2.05) is 6.92 Å². The van der Waals surface area contributed by atoms with Gasteiger partial charge in [0.25, 0.3) is 17.7 Å². The summed E-state index contributed by atoms with van der Waals surface area (Å²) in [4.78, 5) is 62.6. The Balaban J connectivity index is 1.67. The minimum Gasteiger partial charge on any atom is -0.462 e. The van der Waals surface area contributed by atoms with Gasteiger partial charge in [0.2, 0.25) is 0 Å². The predicted octanol–water partition coefficient (Wildman–Crippen LogP) is 2.56. The number of rotatable bonds is 6. The van der Waals surface area contributed by atoms with E-state index in [9.17, 15) is 24.0 Å². The van der Waals surface area contributed by atoms with Crippen LogP contribution >= 0.6 is 11.3 Å². The van der Waals surface area contributed by atoms with E-state index in [2.05, 4.69) is 5.32 Å². The monoisotopic (exact) mass is 444 g/mol. The van der Waals surface area contributed by atoms with Crippen molar-refractivity contribution in [3.05, 3.63) is 50.9 Å². The lowest BCUT2D eigenvalue weighted by Gasteiger charge is -2.08. The number of nitrogens with zero attached hydrogens (tertiary/aromatic N) is 1. The molecule has 1 aliphatic rings. The van der Waals surface area contributed by atoms with Crippen LogP contribution in [0.3, 0.4) is 0 Å². The van der Waals surface area contributed by atoms with Gasteiger partial charge in [-0.05, 0) is 44.5 Å². The third-order valence-electron chi connectivity index (χ3n) is 4.78. The minimum atomic E-state index is -0.822. The average Bonchev–Trinajstić information content (AvgIpc) is 3.13. The molecule has 31 heavy (non-hydrogen) atoms. The average molecular weight is 444 g/mol. The van der Waals surface area contributed by atoms with E-state index in [1.54, 1.807) is 13.8 Å². The lowest BCUT2D eigenvalue weighted by Crippen LogP contribution is -2.24. The van der Waals surface area contributed by atoms with Crippen LogP contribution in [0.1, 0.15) is 58.8 Å². The number of anilines is 1. The first-order valence-corrected chi connectivity index (χ1v) is 10.2. The highest BCUT2D eigenvalue weighted by Crippen LogP contribution is 2.33. The number of esters is 2. The maximum absolute atomic E-state index is 12.3. The highest BCUT2D eigenvalue weighted by atomic mass is 32.1. The van der Waals surface area contributed by atoms with E-state index in [1.165, 1.54) is 36.6 Å². The molecule has 0 saturated heterocycles. The Morgan fingerprint density at radius 3 is 2.39 bits per heavy atom. The maximum atomic E-state index is 12.3. The summed E-state index contributed by atoms with van der Waals surface area (Å²) in [7, 11) is 1.35. The number of ether oxygens (including phenoxy) is 2. The zero-order valence-electron chi connectivity index (χ0n) is 17.4. The van der Waals surface area contributed by atoms with Crippen LogP contribution in [0.25, 0.3) is 0 Å². The summed E-state index contributed by atoms with van der Waals surface area (Å²) in [6.45, 7) is 4.86. The molecule has 10 heteroatoms. The molecule has 0 saturated carbocycles. The first kappa shape index (κ1) is 22.2. The Morgan fingerprint density at radius 2 is 1.71 bits per heavy atom. The zero-order chi connectivity index (χ0) is 22.9. The predicted molar refractivity (Wildman–Crippen MR) is 112 cm³/mol. The van der Waals surface area contributed by atoms with Gasteiger partial charge in [-0.2, -0.15) is 0 Å². The number of aryl methyl sites for hydroxylation is 1. The number of hydrogen-bond donors (Lipinski definition) is 1. The number of thiophene rings is 1. The second kappa shape index (κ2) is 8.68. The lowest BCUT2D eigenvalue weighted by atomic mass is 10.1. The molecule has 2 heterocycles. The summed E-state index contributed by atoms with van der Waals surface area (Å²) in [6.07, 6.45) is 0. The van der Waals surface area contributed by atoms with Crippen LogP contribution in [0.15, 0.2) is 18.2 Å². The van der Waals surface area contributed by atoms with E-state index in [4.69, 9.17) is 9.47 Å². The molecular weight excluding hydrogens is 424 g/mol. The van der Waals surface area contributed by atoms with E-state index >= 15 is 0 Å². The maximum Gasteiger partial charge on any atom is 0.341 e. The van der Waals surface area contributed by atoms with Gasteiger partial charge >= 0.3 is 11.9 Å². The molecule has 162 valence electrons. The van der Waals surface area contributed by atoms with Crippen molar-refractivity contribution in [2.75, 3.05) is 25.6 Å². The molecule has 3 rings (SSSR count). The van der Waals surface area contributed by atoms with Crippen molar-refractivity contribution in [3.8, 4) is 0 Å². The van der Waals surface area contributed by atoms with Crippen molar-refractivity contribution in [2.24, 2.45) is 0 Å². The molecule has 0 spiro atoms. The van der Waals surface area contributed by atoms with Crippen molar-refractivity contribution in [1.29, 1.82) is 0 Å². The molecule has 9 nitrogen and oxygen atoms in total. The summed E-state index contributed by atoms with van der Waals surface area (Å²) in [5.74, 6) is -2.95. The number of hydrogen-bond acceptors (Lipinski definition) is 8. The standard InChI is InChI=1S/C21H20N2O7S/c1-5-29-21(28)16-10(2)11(3)31-17(16)22-15(24)9-30-20(27)12-6-7-13-14(8-12)19(26)23(4)18(13)25/h6-8H,5,9H2,1-4H3,(H,22,24). The van der Waals surface area contributed by atoms with Crippen LogP contribution in [0.4, 0.5) is 5.00 Å². The summed E-state index contributed by atoms with van der Waals surface area (Å²) in [5, 5.41) is 2.89. The van der Waals surface area contributed by atoms with Gasteiger partial charge < -0.3 is 14.8 Å². The molecule has 0 bridgehead atoms. The third kappa shape index (κ3) is 4.19. The fourth-order valence-electron chi connectivity index (χ4n) is 3.03. The van der Waals surface area contributed by atoms with Crippen LogP contribution < -0.4 is 5.32 Å². The number of carbonyl (C=O) groups excluding carboxylic acids is 5. The fraction of sp³-hybridized carbons (Fsp3) is 0.286. The van der Waals surface area contributed by atoms with E-state index in [0.717, 1.165) is 9.78 Å². The molecule has 0 unspecified atom stereocenters. The van der Waals surface area contributed by atoms with Gasteiger partial charge in [-0.3, -0.25) is 19.3 Å². The molecular formula is C21H20N2O7S. The molecule has 1 aromatic carbocycles. The number of fused-ring (bicyclic) bond motifs is 1. The Kier molecular flexibility index (Phi) is 6.21. The second-order valence-corrected chi connectivity index (χ2v) is 7.99. The molecule has 1 aromatic heterocycles. The van der Waals surface area contributed by atoms with Crippen molar-refractivity contribution < 1.29 is 33.4 Å². The quantitative estimate of drug-likeness (QED) is 0.537. The van der Waals surface area contributed by atoms with E-state index < -0.39 is 36.3 Å². The number of amides is 3. The molecule has 0 fully saturated rings. The summed E-state index contributed by atoms with van der Waals surface area (Å²) >= 11 is 1.22. The normalized spacial score (nSPS) is 12.6. The Hall–Kier alpha value is -3.53. The summed E-state index contributed by atoms with van der Waals surface area (Å²) in [6, 6.07) is 4.00. The van der Waals surface area contributed by atoms with Crippen molar-refractivity contribution >= 4 is 46.0 Å². The highest BCUT2D eigenvalue weighted by molar-refractivity contribution is 7.16. The number of benzene rings is 1. The molecule has 2 aromatic rings. The van der Waals surface area contributed by atoms with Gasteiger partial charge in [0.15, 0.2) is 6.61 Å². The van der Waals surface area contributed by atoms with Crippen molar-refractivity contribution in [1.82, 2.24) is 4.90 Å². The second-order valence-electron chi connectivity index (χ2n) is 6.76. The number of nitrogens with one attached hydrogen (secondary N) is 1. The van der Waals surface area contributed by atoms with Gasteiger partial charge in [0.1, 0.15) is 5.00 Å².